The second-order valence-corrected chi connectivity index (χ2v) is 5.78. The fraction of sp³-hybridized carbons (Fsp3) is 0.533. The Labute approximate surface area is 153 Å². The summed E-state index contributed by atoms with van der Waals surface area (Å²) in [6.45, 7) is 0. The van der Waals surface area contributed by atoms with Crippen molar-refractivity contribution in [1.29, 1.82) is 0 Å². The van der Waals surface area contributed by atoms with Gasteiger partial charge >= 0.3 is 35.8 Å². The molecule has 1 rings (SSSR count). The van der Waals surface area contributed by atoms with E-state index < -0.39 is 54.4 Å². The van der Waals surface area contributed by atoms with Gasteiger partial charge in [-0.25, -0.2) is 0 Å². The minimum atomic E-state index is -8.01. The third kappa shape index (κ3) is 3.89. The minimum Gasteiger partial charge on any atom is -0.293 e. The number of carbonyl (C=O) groups excluding carboxylic acids is 1. The van der Waals surface area contributed by atoms with E-state index in [9.17, 15) is 61.9 Å². The van der Waals surface area contributed by atoms with Gasteiger partial charge in [0.15, 0.2) is 0 Å². The second kappa shape index (κ2) is 7.35. The number of halogens is 13. The lowest BCUT2D eigenvalue weighted by molar-refractivity contribution is -0.436. The van der Waals surface area contributed by atoms with Gasteiger partial charge in [0.05, 0.1) is 0 Å². The zero-order valence-electron chi connectivity index (χ0n) is 13.6. The number of ketones is 1. The van der Waals surface area contributed by atoms with E-state index in [1.807, 2.05) is 0 Å². The average Bonchev–Trinajstić information content (AvgIpc) is 2.58. The smallest absolute Gasteiger partial charge is 0.293 e. The van der Waals surface area contributed by atoms with Gasteiger partial charge in [-0.3, -0.25) is 4.79 Å². The molecule has 14 heteroatoms. The quantitative estimate of drug-likeness (QED) is 0.448. The van der Waals surface area contributed by atoms with E-state index in [-0.39, 0.29) is 5.56 Å². The molecule has 0 amide bonds. The van der Waals surface area contributed by atoms with Gasteiger partial charge in [-0.2, -0.15) is 57.1 Å². The molecule has 0 bridgehead atoms. The predicted octanol–water partition coefficient (Wildman–Crippen LogP) is 5.93. The maximum atomic E-state index is 13.6. The Morgan fingerprint density at radius 3 is 1.45 bits per heavy atom. The molecule has 0 aliphatic heterocycles. The van der Waals surface area contributed by atoms with E-state index >= 15 is 0 Å². The highest BCUT2D eigenvalue weighted by molar-refractivity contribution is 5.87. The van der Waals surface area contributed by atoms with Gasteiger partial charge in [0.25, 0.3) is 0 Å². The van der Waals surface area contributed by atoms with Crippen LogP contribution in [-0.4, -0.2) is 41.6 Å². The number of Topliss-reactive ketones (excluding diaryl/α,β-unsaturated/α-hetero) is 1. The number of rotatable bonds is 8. The molecular weight excluding hydrogens is 443 g/mol. The molecule has 0 saturated heterocycles. The molecule has 0 aliphatic rings. The Bertz CT molecular complexity index is 721. The lowest BCUT2D eigenvalue weighted by Crippen LogP contribution is -2.71. The van der Waals surface area contributed by atoms with Crippen LogP contribution in [0.5, 0.6) is 0 Å². The van der Waals surface area contributed by atoms with Crippen molar-refractivity contribution < 1.29 is 61.9 Å². The number of alkyl halides is 13. The summed E-state index contributed by atoms with van der Waals surface area (Å²) in [6, 6.07) is 6.41. The topological polar surface area (TPSA) is 17.1 Å². The Morgan fingerprint density at radius 1 is 0.621 bits per heavy atom. The lowest BCUT2D eigenvalue weighted by Gasteiger charge is -2.39. The van der Waals surface area contributed by atoms with Crippen LogP contribution in [-0.2, 0) is 11.2 Å². The van der Waals surface area contributed by atoms with Crippen LogP contribution in [0.25, 0.3) is 0 Å². The maximum absolute atomic E-state index is 13.6. The van der Waals surface area contributed by atoms with E-state index in [1.54, 1.807) is 0 Å². The molecule has 0 heterocycles. The normalized spacial score (nSPS) is 14.8. The number of hydrogen-bond acceptors (Lipinski definition) is 1. The zero-order valence-corrected chi connectivity index (χ0v) is 13.6. The SMILES string of the molecule is O=C(CCc1ccccc1)C(F)(F)C(F)(F)C(F)(F)C(F)(F)C(F)(F)C(F)(F)F. The van der Waals surface area contributed by atoms with Gasteiger partial charge in [0.2, 0.25) is 5.78 Å². The van der Waals surface area contributed by atoms with Gasteiger partial charge in [-0.15, -0.1) is 0 Å². The Hall–Kier alpha value is -2.02. The van der Waals surface area contributed by atoms with Gasteiger partial charge in [-0.05, 0) is 12.0 Å². The number of benzene rings is 1. The van der Waals surface area contributed by atoms with Crippen LogP contribution in [0, 0.1) is 0 Å². The van der Waals surface area contributed by atoms with E-state index in [2.05, 4.69) is 0 Å². The van der Waals surface area contributed by atoms with Crippen LogP contribution in [0.1, 0.15) is 12.0 Å². The highest BCUT2D eigenvalue weighted by atomic mass is 19.4. The largest absolute Gasteiger partial charge is 0.460 e. The van der Waals surface area contributed by atoms with Crippen LogP contribution >= 0.6 is 0 Å². The van der Waals surface area contributed by atoms with Gasteiger partial charge in [0.1, 0.15) is 0 Å². The molecular formula is C15H9F13O. The van der Waals surface area contributed by atoms with Crippen LogP contribution in [0.3, 0.4) is 0 Å². The van der Waals surface area contributed by atoms with E-state index in [0.717, 1.165) is 0 Å². The monoisotopic (exact) mass is 452 g/mol. The predicted molar refractivity (Wildman–Crippen MR) is 70.6 cm³/mol. The molecule has 1 aromatic carbocycles. The molecule has 0 saturated carbocycles. The number of hydrogen-bond donors (Lipinski definition) is 0. The summed E-state index contributed by atoms with van der Waals surface area (Å²) in [5.74, 6) is -41.1. The molecule has 0 unspecified atom stereocenters. The second-order valence-electron chi connectivity index (χ2n) is 5.78. The summed E-state index contributed by atoms with van der Waals surface area (Å²) in [6.07, 6.45) is -9.86. The van der Waals surface area contributed by atoms with Crippen molar-refractivity contribution >= 4 is 5.78 Å². The molecule has 0 fully saturated rings. The maximum Gasteiger partial charge on any atom is 0.460 e. The van der Waals surface area contributed by atoms with Crippen molar-refractivity contribution in [2.45, 2.75) is 48.6 Å². The van der Waals surface area contributed by atoms with Gasteiger partial charge in [-0.1, -0.05) is 30.3 Å². The van der Waals surface area contributed by atoms with Gasteiger partial charge in [0, 0.05) is 6.42 Å². The van der Waals surface area contributed by atoms with Crippen molar-refractivity contribution in [2.24, 2.45) is 0 Å². The third-order valence-corrected chi connectivity index (χ3v) is 3.77. The van der Waals surface area contributed by atoms with Crippen LogP contribution in [0.2, 0.25) is 0 Å². The Balaban J connectivity index is 3.25. The Kier molecular flexibility index (Phi) is 6.34. The summed E-state index contributed by atoms with van der Waals surface area (Å²) in [5.41, 5.74) is 0.0562. The molecule has 0 aliphatic carbocycles. The van der Waals surface area contributed by atoms with Crippen molar-refractivity contribution in [3.05, 3.63) is 35.9 Å². The minimum absolute atomic E-state index is 0.0562. The molecule has 29 heavy (non-hydrogen) atoms. The molecule has 0 aromatic heterocycles. The average molecular weight is 452 g/mol. The fourth-order valence-electron chi connectivity index (χ4n) is 2.00. The summed E-state index contributed by atoms with van der Waals surface area (Å²) >= 11 is 0. The molecule has 0 spiro atoms. The highest BCUT2D eigenvalue weighted by Gasteiger charge is 2.91. The van der Waals surface area contributed by atoms with Crippen LogP contribution in [0.4, 0.5) is 57.1 Å². The molecule has 166 valence electrons. The van der Waals surface area contributed by atoms with Crippen molar-refractivity contribution in [3.63, 3.8) is 0 Å². The summed E-state index contributed by atoms with van der Waals surface area (Å²) in [7, 11) is 0. The molecule has 1 aromatic rings. The summed E-state index contributed by atoms with van der Waals surface area (Å²) in [5, 5.41) is 0. The van der Waals surface area contributed by atoms with Crippen molar-refractivity contribution in [2.75, 3.05) is 0 Å². The molecule has 0 radical (unpaired) electrons. The first-order valence-corrected chi connectivity index (χ1v) is 7.28. The summed E-state index contributed by atoms with van der Waals surface area (Å²) < 4.78 is 168. The van der Waals surface area contributed by atoms with Crippen LogP contribution < -0.4 is 0 Å². The van der Waals surface area contributed by atoms with E-state index in [4.69, 9.17) is 0 Å². The summed E-state index contributed by atoms with van der Waals surface area (Å²) in [4.78, 5) is 11.3. The first-order valence-electron chi connectivity index (χ1n) is 7.28. The standard InChI is InChI=1S/C15H9F13O/c16-10(17,9(29)7-6-8-4-2-1-3-5-8)11(18,19)12(20,21)13(22,23)14(24,25)15(26,27)28/h1-5H,6-7H2. The van der Waals surface area contributed by atoms with Crippen molar-refractivity contribution in [1.82, 2.24) is 0 Å². The third-order valence-electron chi connectivity index (χ3n) is 3.77. The first kappa shape index (κ1) is 25.0. The number of carbonyl (C=O) groups is 1. The highest BCUT2D eigenvalue weighted by Crippen LogP contribution is 2.60. The lowest BCUT2D eigenvalue weighted by atomic mass is 9.90. The van der Waals surface area contributed by atoms with Crippen molar-refractivity contribution in [3.8, 4) is 0 Å². The molecule has 0 N–H and O–H groups in total. The first-order chi connectivity index (χ1) is 12.7. The Morgan fingerprint density at radius 2 is 1.03 bits per heavy atom. The molecule has 1 nitrogen and oxygen atoms in total. The van der Waals surface area contributed by atoms with Crippen LogP contribution in [0.15, 0.2) is 30.3 Å². The fourth-order valence-corrected chi connectivity index (χ4v) is 2.00. The van der Waals surface area contributed by atoms with E-state index in [1.165, 1.54) is 30.3 Å². The molecule has 0 atom stereocenters. The van der Waals surface area contributed by atoms with E-state index in [0.29, 0.717) is 0 Å². The number of aryl methyl sites for hydroxylation is 1. The zero-order chi connectivity index (χ0) is 23.1. The van der Waals surface area contributed by atoms with Gasteiger partial charge < -0.3 is 0 Å².